The van der Waals surface area contributed by atoms with E-state index in [2.05, 4.69) is 4.74 Å². The van der Waals surface area contributed by atoms with Crippen molar-refractivity contribution in [3.05, 3.63) is 23.7 Å². The highest BCUT2D eigenvalue weighted by Crippen LogP contribution is 2.23. The molecule has 1 atom stereocenters. The summed E-state index contributed by atoms with van der Waals surface area (Å²) < 4.78 is 45.8. The van der Waals surface area contributed by atoms with Crippen LogP contribution in [0.1, 0.15) is 18.2 Å². The number of ether oxygens (including phenoxy) is 1. The van der Waals surface area contributed by atoms with Gasteiger partial charge in [-0.25, -0.2) is 0 Å². The first-order valence-corrected chi connectivity index (χ1v) is 4.38. The molecule has 86 valence electrons. The minimum atomic E-state index is -4.35. The maximum atomic E-state index is 12.1. The summed E-state index contributed by atoms with van der Waals surface area (Å²) in [7, 11) is 0. The molecule has 0 saturated heterocycles. The maximum Gasteiger partial charge on any atom is 0.414 e. The number of hydrogen-bond acceptors (Lipinski definition) is 3. The van der Waals surface area contributed by atoms with Crippen molar-refractivity contribution in [3.8, 4) is 0 Å². The molecule has 15 heavy (non-hydrogen) atoms. The molecule has 2 N–H and O–H groups in total. The molecule has 6 heteroatoms. The van der Waals surface area contributed by atoms with Crippen molar-refractivity contribution >= 4 is 0 Å². The van der Waals surface area contributed by atoms with Gasteiger partial charge in [-0.1, -0.05) is 0 Å². The van der Waals surface area contributed by atoms with Gasteiger partial charge in [0.25, 0.3) is 0 Å². The Hall–Kier alpha value is -1.01. The smallest absolute Gasteiger partial charge is 0.414 e. The van der Waals surface area contributed by atoms with E-state index in [0.717, 1.165) is 6.92 Å². The van der Waals surface area contributed by atoms with Crippen LogP contribution in [0.5, 0.6) is 0 Å². The highest BCUT2D eigenvalue weighted by atomic mass is 19.4. The molecule has 0 bridgehead atoms. The Bertz CT molecular complexity index is 309. The first-order valence-electron chi connectivity index (χ1n) is 4.38. The summed E-state index contributed by atoms with van der Waals surface area (Å²) in [6.45, 7) is 0.945. The van der Waals surface area contributed by atoms with Gasteiger partial charge in [0.05, 0.1) is 6.26 Å². The molecule has 1 aromatic heterocycles. The average Bonchev–Trinajstić information content (AvgIpc) is 2.59. The molecule has 0 aliphatic rings. The van der Waals surface area contributed by atoms with Gasteiger partial charge >= 0.3 is 6.18 Å². The molecule has 0 radical (unpaired) electrons. The molecule has 1 heterocycles. The average molecular weight is 223 g/mol. The monoisotopic (exact) mass is 223 g/mol. The zero-order valence-corrected chi connectivity index (χ0v) is 8.17. The van der Waals surface area contributed by atoms with E-state index in [0.29, 0.717) is 11.3 Å². The third-order valence-corrected chi connectivity index (χ3v) is 1.98. The van der Waals surface area contributed by atoms with Crippen LogP contribution >= 0.6 is 0 Å². The lowest BCUT2D eigenvalue weighted by atomic mass is 10.2. The fourth-order valence-corrected chi connectivity index (χ4v) is 0.971. The minimum Gasteiger partial charge on any atom is -0.467 e. The molecule has 0 saturated carbocycles. The Kier molecular flexibility index (Phi) is 3.76. The summed E-state index contributed by atoms with van der Waals surface area (Å²) in [5.41, 5.74) is 6.01. The summed E-state index contributed by atoms with van der Waals surface area (Å²) in [4.78, 5) is 0. The van der Waals surface area contributed by atoms with Crippen LogP contribution < -0.4 is 5.73 Å². The van der Waals surface area contributed by atoms with Crippen LogP contribution in [-0.2, 0) is 17.9 Å². The largest absolute Gasteiger partial charge is 0.467 e. The molecule has 0 fully saturated rings. The van der Waals surface area contributed by atoms with Gasteiger partial charge in [0.15, 0.2) is 6.10 Å². The molecule has 3 nitrogen and oxygen atoms in total. The van der Waals surface area contributed by atoms with Gasteiger partial charge in [-0.05, 0) is 13.0 Å². The van der Waals surface area contributed by atoms with Crippen molar-refractivity contribution in [1.82, 2.24) is 0 Å². The lowest BCUT2D eigenvalue weighted by Crippen LogP contribution is -2.28. The lowest BCUT2D eigenvalue weighted by molar-refractivity contribution is -0.218. The topological polar surface area (TPSA) is 48.4 Å². The number of alkyl halides is 3. The molecule has 0 amide bonds. The number of hydrogen-bond donors (Lipinski definition) is 1. The molecule has 1 aromatic rings. The zero-order valence-electron chi connectivity index (χ0n) is 8.17. The molecule has 0 spiro atoms. The standard InChI is InChI=1S/C9H12F3NO2/c1-6(9(10,11)12)15-5-8-7(4-13)2-3-14-8/h2-3,6H,4-5,13H2,1H3. The second-order valence-electron chi connectivity index (χ2n) is 3.07. The van der Waals surface area contributed by atoms with E-state index in [1.165, 1.54) is 6.26 Å². The third-order valence-electron chi connectivity index (χ3n) is 1.98. The predicted octanol–water partition coefficient (Wildman–Crippen LogP) is 2.21. The van der Waals surface area contributed by atoms with Crippen molar-refractivity contribution in [2.45, 2.75) is 32.4 Å². The highest BCUT2D eigenvalue weighted by Gasteiger charge is 2.37. The Balaban J connectivity index is 2.50. The summed E-state index contributed by atoms with van der Waals surface area (Å²) in [5.74, 6) is 0.341. The minimum absolute atomic E-state index is 0.218. The Labute approximate surface area is 85.0 Å². The first kappa shape index (κ1) is 12.1. The van der Waals surface area contributed by atoms with Crippen molar-refractivity contribution in [3.63, 3.8) is 0 Å². The van der Waals surface area contributed by atoms with Gasteiger partial charge < -0.3 is 14.9 Å². The van der Waals surface area contributed by atoms with Crippen LogP contribution in [-0.4, -0.2) is 12.3 Å². The summed E-state index contributed by atoms with van der Waals surface area (Å²) in [6.07, 6.45) is -4.79. The van der Waals surface area contributed by atoms with Gasteiger partial charge in [-0.15, -0.1) is 0 Å². The van der Waals surface area contributed by atoms with E-state index in [-0.39, 0.29) is 13.2 Å². The summed E-state index contributed by atoms with van der Waals surface area (Å²) in [6, 6.07) is 1.61. The van der Waals surface area contributed by atoms with E-state index in [1.54, 1.807) is 6.07 Å². The molecule has 0 aliphatic heterocycles. The van der Waals surface area contributed by atoms with E-state index in [4.69, 9.17) is 10.2 Å². The maximum absolute atomic E-state index is 12.1. The number of furan rings is 1. The van der Waals surface area contributed by atoms with Crippen LogP contribution in [0.25, 0.3) is 0 Å². The Morgan fingerprint density at radius 3 is 2.73 bits per heavy atom. The fraction of sp³-hybridized carbons (Fsp3) is 0.556. The van der Waals surface area contributed by atoms with Crippen LogP contribution in [0.2, 0.25) is 0 Å². The van der Waals surface area contributed by atoms with Crippen molar-refractivity contribution < 1.29 is 22.3 Å². The van der Waals surface area contributed by atoms with E-state index < -0.39 is 12.3 Å². The lowest BCUT2D eigenvalue weighted by Gasteiger charge is -2.15. The Morgan fingerprint density at radius 1 is 1.53 bits per heavy atom. The molecule has 1 rings (SSSR count). The second kappa shape index (κ2) is 4.67. The fourth-order valence-electron chi connectivity index (χ4n) is 0.971. The second-order valence-corrected chi connectivity index (χ2v) is 3.07. The number of nitrogens with two attached hydrogens (primary N) is 1. The Morgan fingerprint density at radius 2 is 2.20 bits per heavy atom. The zero-order chi connectivity index (χ0) is 11.5. The van der Waals surface area contributed by atoms with Crippen molar-refractivity contribution in [1.29, 1.82) is 0 Å². The van der Waals surface area contributed by atoms with Gasteiger partial charge in [-0.3, -0.25) is 0 Å². The van der Waals surface area contributed by atoms with Gasteiger partial charge in [0.2, 0.25) is 0 Å². The summed E-state index contributed by atoms with van der Waals surface area (Å²) in [5, 5.41) is 0. The number of rotatable bonds is 4. The van der Waals surface area contributed by atoms with E-state index in [1.807, 2.05) is 0 Å². The molecular weight excluding hydrogens is 211 g/mol. The van der Waals surface area contributed by atoms with Crippen LogP contribution in [0.4, 0.5) is 13.2 Å². The molecule has 0 aromatic carbocycles. The van der Waals surface area contributed by atoms with E-state index in [9.17, 15) is 13.2 Å². The SMILES string of the molecule is CC(OCc1occc1CN)C(F)(F)F. The molecule has 0 aliphatic carbocycles. The van der Waals surface area contributed by atoms with Crippen molar-refractivity contribution in [2.24, 2.45) is 5.73 Å². The van der Waals surface area contributed by atoms with Gasteiger partial charge in [0, 0.05) is 12.1 Å². The van der Waals surface area contributed by atoms with E-state index >= 15 is 0 Å². The van der Waals surface area contributed by atoms with Crippen molar-refractivity contribution in [2.75, 3.05) is 0 Å². The third kappa shape index (κ3) is 3.24. The molecule has 1 unspecified atom stereocenters. The highest BCUT2D eigenvalue weighted by molar-refractivity contribution is 5.15. The summed E-state index contributed by atoms with van der Waals surface area (Å²) >= 11 is 0. The predicted molar refractivity (Wildman–Crippen MR) is 46.9 cm³/mol. The van der Waals surface area contributed by atoms with Crippen LogP contribution in [0.3, 0.4) is 0 Å². The normalized spacial score (nSPS) is 14.2. The quantitative estimate of drug-likeness (QED) is 0.851. The first-order chi connectivity index (χ1) is 6.95. The van der Waals surface area contributed by atoms with Crippen LogP contribution in [0, 0.1) is 0 Å². The molecular formula is C9H12F3NO2. The van der Waals surface area contributed by atoms with Gasteiger partial charge in [-0.2, -0.15) is 13.2 Å². The van der Waals surface area contributed by atoms with Crippen LogP contribution in [0.15, 0.2) is 16.7 Å². The van der Waals surface area contributed by atoms with Gasteiger partial charge in [0.1, 0.15) is 12.4 Å². The number of halogens is 3.